The number of carbonyl (C=O) groups excluding carboxylic acids is 1. The summed E-state index contributed by atoms with van der Waals surface area (Å²) in [5.41, 5.74) is 1.80. The van der Waals surface area contributed by atoms with Crippen molar-refractivity contribution in [3.63, 3.8) is 0 Å². The molecule has 0 spiro atoms. The molecule has 0 aromatic heterocycles. The Kier molecular flexibility index (Phi) is 3.65. The fraction of sp³-hybridized carbons (Fsp3) is 0.875. The molecule has 0 atom stereocenters. The van der Waals surface area contributed by atoms with Gasteiger partial charge < -0.3 is 9.47 Å². The van der Waals surface area contributed by atoms with Crippen LogP contribution in [-0.2, 0) is 14.3 Å². The van der Waals surface area contributed by atoms with E-state index < -0.39 is 0 Å². The molecule has 5 heteroatoms. The van der Waals surface area contributed by atoms with E-state index in [2.05, 4.69) is 0 Å². The lowest BCUT2D eigenvalue weighted by atomic mass is 9.97. The number of nitrogens with one attached hydrogen (secondary N) is 1. The molecule has 1 heterocycles. The molecule has 0 aliphatic carbocycles. The molecule has 0 aromatic rings. The lowest BCUT2D eigenvalue weighted by molar-refractivity contribution is -0.140. The third-order valence-corrected chi connectivity index (χ3v) is 2.26. The molecule has 0 aromatic carbocycles. The molecule has 1 amide bonds. The lowest BCUT2D eigenvalue weighted by Gasteiger charge is -2.33. The first-order valence-corrected chi connectivity index (χ1v) is 4.37. The van der Waals surface area contributed by atoms with Gasteiger partial charge in [0.05, 0.1) is 5.60 Å². The van der Waals surface area contributed by atoms with Crippen molar-refractivity contribution >= 4 is 5.91 Å². The van der Waals surface area contributed by atoms with Crippen molar-refractivity contribution in [3.8, 4) is 0 Å². The van der Waals surface area contributed by atoms with E-state index in [0.29, 0.717) is 13.2 Å². The van der Waals surface area contributed by atoms with Gasteiger partial charge in [-0.25, -0.2) is 5.84 Å². The van der Waals surface area contributed by atoms with E-state index in [1.165, 1.54) is 0 Å². The monoisotopic (exact) mass is 188 g/mol. The van der Waals surface area contributed by atoms with Crippen LogP contribution in [0.25, 0.3) is 0 Å². The van der Waals surface area contributed by atoms with Gasteiger partial charge in [0.25, 0.3) is 5.91 Å². The average molecular weight is 188 g/mol. The van der Waals surface area contributed by atoms with E-state index >= 15 is 0 Å². The second kappa shape index (κ2) is 4.55. The number of nitrogens with two attached hydrogens (primary N) is 1. The second-order valence-electron chi connectivity index (χ2n) is 3.42. The SMILES string of the molecule is CC1(OCC(=O)NN)CCOCC1. The van der Waals surface area contributed by atoms with E-state index in [-0.39, 0.29) is 18.1 Å². The Bertz CT molecular complexity index is 178. The molecule has 1 aliphatic rings. The molecule has 0 radical (unpaired) electrons. The van der Waals surface area contributed by atoms with E-state index in [1.54, 1.807) is 0 Å². The highest BCUT2D eigenvalue weighted by Gasteiger charge is 2.28. The number of ether oxygens (including phenoxy) is 2. The van der Waals surface area contributed by atoms with Crippen molar-refractivity contribution in [2.24, 2.45) is 5.84 Å². The Hall–Kier alpha value is -0.650. The minimum atomic E-state index is -0.298. The maximum Gasteiger partial charge on any atom is 0.259 e. The van der Waals surface area contributed by atoms with Crippen molar-refractivity contribution < 1.29 is 14.3 Å². The van der Waals surface area contributed by atoms with Crippen molar-refractivity contribution in [3.05, 3.63) is 0 Å². The topological polar surface area (TPSA) is 73.6 Å². The number of hydrogen-bond acceptors (Lipinski definition) is 4. The molecular weight excluding hydrogens is 172 g/mol. The van der Waals surface area contributed by atoms with Crippen LogP contribution < -0.4 is 11.3 Å². The third kappa shape index (κ3) is 3.30. The summed E-state index contributed by atoms with van der Waals surface area (Å²) >= 11 is 0. The summed E-state index contributed by atoms with van der Waals surface area (Å²) in [5, 5.41) is 0. The number of rotatable bonds is 3. The van der Waals surface area contributed by atoms with Crippen LogP contribution in [0.3, 0.4) is 0 Å². The van der Waals surface area contributed by atoms with Crippen LogP contribution in [0.1, 0.15) is 19.8 Å². The quantitative estimate of drug-likeness (QED) is 0.358. The van der Waals surface area contributed by atoms with Gasteiger partial charge in [-0.15, -0.1) is 0 Å². The zero-order valence-corrected chi connectivity index (χ0v) is 7.84. The Balaban J connectivity index is 2.28. The Labute approximate surface area is 77.5 Å². The van der Waals surface area contributed by atoms with Crippen LogP contribution in [-0.4, -0.2) is 31.3 Å². The zero-order chi connectivity index (χ0) is 9.73. The molecule has 3 N–H and O–H groups in total. The Morgan fingerprint density at radius 2 is 2.23 bits per heavy atom. The van der Waals surface area contributed by atoms with Gasteiger partial charge in [0, 0.05) is 13.2 Å². The molecule has 1 rings (SSSR count). The summed E-state index contributed by atoms with van der Waals surface area (Å²) < 4.78 is 10.6. The molecule has 1 fully saturated rings. The predicted molar refractivity (Wildman–Crippen MR) is 46.7 cm³/mol. The van der Waals surface area contributed by atoms with Crippen LogP contribution in [0.4, 0.5) is 0 Å². The van der Waals surface area contributed by atoms with Crippen molar-refractivity contribution in [2.75, 3.05) is 19.8 Å². The summed E-state index contributed by atoms with van der Waals surface area (Å²) in [6.45, 7) is 3.40. The van der Waals surface area contributed by atoms with Crippen molar-refractivity contribution in [2.45, 2.75) is 25.4 Å². The van der Waals surface area contributed by atoms with Crippen molar-refractivity contribution in [1.82, 2.24) is 5.43 Å². The van der Waals surface area contributed by atoms with Crippen LogP contribution in [0, 0.1) is 0 Å². The van der Waals surface area contributed by atoms with Gasteiger partial charge in [-0.1, -0.05) is 0 Å². The fourth-order valence-electron chi connectivity index (χ4n) is 1.23. The maximum absolute atomic E-state index is 10.8. The standard InChI is InChI=1S/C8H16N2O3/c1-8(2-4-12-5-3-8)13-6-7(11)10-9/h2-6,9H2,1H3,(H,10,11). The van der Waals surface area contributed by atoms with Crippen LogP contribution in [0.5, 0.6) is 0 Å². The largest absolute Gasteiger partial charge is 0.381 e. The summed E-state index contributed by atoms with van der Waals surface area (Å²) in [5.74, 6) is 4.63. The number of hydrogen-bond donors (Lipinski definition) is 2. The van der Waals surface area contributed by atoms with Crippen LogP contribution >= 0.6 is 0 Å². The third-order valence-electron chi connectivity index (χ3n) is 2.26. The number of carbonyl (C=O) groups is 1. The molecule has 5 nitrogen and oxygen atoms in total. The summed E-state index contributed by atoms with van der Waals surface area (Å²) in [6, 6.07) is 0. The van der Waals surface area contributed by atoms with E-state index in [4.69, 9.17) is 15.3 Å². The number of hydrazine groups is 1. The van der Waals surface area contributed by atoms with Crippen LogP contribution in [0.2, 0.25) is 0 Å². The van der Waals surface area contributed by atoms with Gasteiger partial charge in [-0.05, 0) is 19.8 Å². The molecule has 0 unspecified atom stereocenters. The molecule has 13 heavy (non-hydrogen) atoms. The normalized spacial score (nSPS) is 21.1. The molecule has 76 valence electrons. The van der Waals surface area contributed by atoms with Gasteiger partial charge in [0.15, 0.2) is 0 Å². The highest BCUT2D eigenvalue weighted by atomic mass is 16.5. The van der Waals surface area contributed by atoms with E-state index in [1.807, 2.05) is 12.3 Å². The second-order valence-corrected chi connectivity index (χ2v) is 3.42. The van der Waals surface area contributed by atoms with Gasteiger partial charge in [0.2, 0.25) is 0 Å². The smallest absolute Gasteiger partial charge is 0.259 e. The van der Waals surface area contributed by atoms with Gasteiger partial charge >= 0.3 is 0 Å². The highest BCUT2D eigenvalue weighted by Crippen LogP contribution is 2.23. The minimum Gasteiger partial charge on any atom is -0.381 e. The maximum atomic E-state index is 10.8. The fourth-order valence-corrected chi connectivity index (χ4v) is 1.23. The Morgan fingerprint density at radius 3 is 2.77 bits per heavy atom. The van der Waals surface area contributed by atoms with Gasteiger partial charge in [0.1, 0.15) is 6.61 Å². The molecule has 1 aliphatic heterocycles. The minimum absolute atomic E-state index is 0.0208. The first kappa shape index (κ1) is 10.4. The van der Waals surface area contributed by atoms with Crippen LogP contribution in [0.15, 0.2) is 0 Å². The zero-order valence-electron chi connectivity index (χ0n) is 7.84. The number of amides is 1. The first-order chi connectivity index (χ1) is 6.16. The molecule has 1 saturated heterocycles. The highest BCUT2D eigenvalue weighted by molar-refractivity contribution is 5.76. The summed E-state index contributed by atoms with van der Waals surface area (Å²) in [6.07, 6.45) is 1.65. The molecule has 0 saturated carbocycles. The lowest BCUT2D eigenvalue weighted by Crippen LogP contribution is -2.41. The first-order valence-electron chi connectivity index (χ1n) is 4.37. The summed E-state index contributed by atoms with van der Waals surface area (Å²) in [4.78, 5) is 10.8. The Morgan fingerprint density at radius 1 is 1.62 bits per heavy atom. The van der Waals surface area contributed by atoms with E-state index in [9.17, 15) is 4.79 Å². The predicted octanol–water partition coefficient (Wildman–Crippen LogP) is -0.438. The summed E-state index contributed by atoms with van der Waals surface area (Å²) in [7, 11) is 0. The van der Waals surface area contributed by atoms with Crippen molar-refractivity contribution in [1.29, 1.82) is 0 Å². The molecular formula is C8H16N2O3. The van der Waals surface area contributed by atoms with E-state index in [0.717, 1.165) is 12.8 Å². The molecule has 0 bridgehead atoms. The average Bonchev–Trinajstić information content (AvgIpc) is 2.15. The van der Waals surface area contributed by atoms with Gasteiger partial charge in [-0.2, -0.15) is 0 Å². The van der Waals surface area contributed by atoms with Gasteiger partial charge in [-0.3, -0.25) is 10.2 Å².